The largest absolute Gasteiger partial charge is 0.493 e. The Morgan fingerprint density at radius 2 is 1.88 bits per heavy atom. The van der Waals surface area contributed by atoms with Crippen LogP contribution in [0.5, 0.6) is 11.5 Å². The molecule has 0 fully saturated rings. The van der Waals surface area contributed by atoms with E-state index in [0.29, 0.717) is 17.1 Å². The molecule has 0 aliphatic heterocycles. The zero-order valence-corrected chi connectivity index (χ0v) is 10.1. The molecule has 0 saturated carbocycles. The van der Waals surface area contributed by atoms with E-state index in [2.05, 4.69) is 0 Å². The number of carbonyl (C=O) groups is 1. The second-order valence-electron chi connectivity index (χ2n) is 3.84. The molecule has 0 atom stereocenters. The molecular formula is C14H14O3. The lowest BCUT2D eigenvalue weighted by Gasteiger charge is -2.13. The van der Waals surface area contributed by atoms with Gasteiger partial charge in [0.2, 0.25) is 0 Å². The summed E-state index contributed by atoms with van der Waals surface area (Å²) in [4.78, 5) is 10.8. The first kappa shape index (κ1) is 11.5. The van der Waals surface area contributed by atoms with Crippen LogP contribution in [0.15, 0.2) is 24.3 Å². The number of carbonyl (C=O) groups excluding carboxylic acids is 1. The molecule has 0 bridgehead atoms. The summed E-state index contributed by atoms with van der Waals surface area (Å²) in [5, 5.41) is 2.04. The van der Waals surface area contributed by atoms with E-state index in [-0.39, 0.29) is 0 Å². The van der Waals surface area contributed by atoms with Gasteiger partial charge in [0.25, 0.3) is 0 Å². The third-order valence-corrected chi connectivity index (χ3v) is 2.89. The first-order valence-corrected chi connectivity index (χ1v) is 5.31. The van der Waals surface area contributed by atoms with Crippen molar-refractivity contribution in [2.45, 2.75) is 6.92 Å². The van der Waals surface area contributed by atoms with Gasteiger partial charge < -0.3 is 9.47 Å². The van der Waals surface area contributed by atoms with Crippen LogP contribution in [0, 0.1) is 6.92 Å². The van der Waals surface area contributed by atoms with E-state index in [1.807, 2.05) is 25.1 Å². The van der Waals surface area contributed by atoms with Gasteiger partial charge in [-0.25, -0.2) is 0 Å². The van der Waals surface area contributed by atoms with E-state index in [1.54, 1.807) is 20.3 Å². The molecule has 0 aromatic heterocycles. The Morgan fingerprint density at radius 1 is 1.12 bits per heavy atom. The van der Waals surface area contributed by atoms with E-state index >= 15 is 0 Å². The van der Waals surface area contributed by atoms with E-state index < -0.39 is 0 Å². The van der Waals surface area contributed by atoms with Crippen LogP contribution < -0.4 is 9.47 Å². The number of benzene rings is 2. The van der Waals surface area contributed by atoms with Crippen LogP contribution in [0.4, 0.5) is 0 Å². The molecule has 2 aromatic carbocycles. The van der Waals surface area contributed by atoms with Gasteiger partial charge in [-0.05, 0) is 29.8 Å². The molecule has 17 heavy (non-hydrogen) atoms. The van der Waals surface area contributed by atoms with Gasteiger partial charge in [0.05, 0.1) is 14.2 Å². The average Bonchev–Trinajstić information content (AvgIpc) is 2.38. The molecule has 0 aliphatic carbocycles. The van der Waals surface area contributed by atoms with Crippen LogP contribution in [-0.2, 0) is 0 Å². The van der Waals surface area contributed by atoms with Gasteiger partial charge in [-0.2, -0.15) is 0 Å². The summed E-state index contributed by atoms with van der Waals surface area (Å²) in [5.41, 5.74) is 1.64. The summed E-state index contributed by atoms with van der Waals surface area (Å²) in [5.74, 6) is 1.42. The Kier molecular flexibility index (Phi) is 3.00. The minimum atomic E-state index is 0.660. The number of methoxy groups -OCH3 is 2. The molecule has 0 N–H and O–H groups in total. The quantitative estimate of drug-likeness (QED) is 0.760. The highest BCUT2D eigenvalue weighted by Crippen LogP contribution is 2.36. The highest BCUT2D eigenvalue weighted by atomic mass is 16.5. The Hall–Kier alpha value is -2.03. The molecule has 2 aromatic rings. The van der Waals surface area contributed by atoms with Crippen LogP contribution in [0.25, 0.3) is 10.8 Å². The Labute approximate surface area is 100.0 Å². The highest BCUT2D eigenvalue weighted by molar-refractivity contribution is 5.93. The maximum atomic E-state index is 10.8. The fourth-order valence-electron chi connectivity index (χ4n) is 2.02. The van der Waals surface area contributed by atoms with Gasteiger partial charge in [0.1, 0.15) is 6.29 Å². The van der Waals surface area contributed by atoms with Crippen LogP contribution >= 0.6 is 0 Å². The van der Waals surface area contributed by atoms with Crippen molar-refractivity contribution in [2.24, 2.45) is 0 Å². The van der Waals surface area contributed by atoms with Crippen molar-refractivity contribution in [3.05, 3.63) is 35.4 Å². The summed E-state index contributed by atoms with van der Waals surface area (Å²) in [6.07, 6.45) is 0.843. The van der Waals surface area contributed by atoms with E-state index in [9.17, 15) is 4.79 Å². The Bertz CT molecular complexity index is 573. The summed E-state index contributed by atoms with van der Waals surface area (Å²) >= 11 is 0. The van der Waals surface area contributed by atoms with Crippen LogP contribution in [0.3, 0.4) is 0 Å². The lowest BCUT2D eigenvalue weighted by atomic mass is 10.0. The van der Waals surface area contributed by atoms with Crippen molar-refractivity contribution in [3.8, 4) is 11.5 Å². The number of hydrogen-bond acceptors (Lipinski definition) is 3. The highest BCUT2D eigenvalue weighted by Gasteiger charge is 2.11. The first-order chi connectivity index (χ1) is 8.21. The van der Waals surface area contributed by atoms with E-state index in [1.165, 1.54) is 0 Å². The molecule has 3 nitrogen and oxygen atoms in total. The fourth-order valence-corrected chi connectivity index (χ4v) is 2.02. The summed E-state index contributed by atoms with van der Waals surface area (Å²) in [7, 11) is 3.23. The van der Waals surface area contributed by atoms with Gasteiger partial charge >= 0.3 is 0 Å². The molecule has 0 heterocycles. The van der Waals surface area contributed by atoms with Crippen molar-refractivity contribution in [1.29, 1.82) is 0 Å². The summed E-state index contributed by atoms with van der Waals surface area (Å²) < 4.78 is 10.6. The maximum absolute atomic E-state index is 10.8. The number of ether oxygens (including phenoxy) is 2. The van der Waals surface area contributed by atoms with E-state index in [4.69, 9.17) is 9.47 Å². The molecule has 3 heteroatoms. The molecule has 0 spiro atoms. The molecule has 0 radical (unpaired) electrons. The van der Waals surface area contributed by atoms with Gasteiger partial charge in [-0.1, -0.05) is 12.1 Å². The van der Waals surface area contributed by atoms with Crippen molar-refractivity contribution >= 4 is 17.1 Å². The monoisotopic (exact) mass is 230 g/mol. The minimum absolute atomic E-state index is 0.660. The molecule has 0 saturated heterocycles. The molecule has 0 aliphatic rings. The first-order valence-electron chi connectivity index (χ1n) is 5.31. The second kappa shape index (κ2) is 4.45. The van der Waals surface area contributed by atoms with Gasteiger partial charge in [0, 0.05) is 11.1 Å². The zero-order chi connectivity index (χ0) is 12.4. The SMILES string of the molecule is COc1cc2ccc(C=O)cc2c(C)c1OC. The number of aryl methyl sites for hydroxylation is 1. The van der Waals surface area contributed by atoms with Crippen LogP contribution in [0.1, 0.15) is 15.9 Å². The maximum Gasteiger partial charge on any atom is 0.164 e. The number of hydrogen-bond donors (Lipinski definition) is 0. The third-order valence-electron chi connectivity index (χ3n) is 2.89. The predicted octanol–water partition coefficient (Wildman–Crippen LogP) is 2.98. The number of aldehydes is 1. The smallest absolute Gasteiger partial charge is 0.164 e. The van der Waals surface area contributed by atoms with Crippen LogP contribution in [0.2, 0.25) is 0 Å². The van der Waals surface area contributed by atoms with Gasteiger partial charge in [-0.3, -0.25) is 4.79 Å². The molecule has 2 rings (SSSR count). The standard InChI is InChI=1S/C14H14O3/c1-9-12-6-10(8-15)4-5-11(12)7-13(16-2)14(9)17-3/h4-8H,1-3H3. The van der Waals surface area contributed by atoms with Gasteiger partial charge in [-0.15, -0.1) is 0 Å². The lowest BCUT2D eigenvalue weighted by molar-refractivity contribution is 0.112. The molecular weight excluding hydrogens is 216 g/mol. The van der Waals surface area contributed by atoms with Crippen LogP contribution in [-0.4, -0.2) is 20.5 Å². The molecule has 0 amide bonds. The normalized spacial score (nSPS) is 10.3. The molecule has 88 valence electrons. The predicted molar refractivity (Wildman–Crippen MR) is 67.2 cm³/mol. The Morgan fingerprint density at radius 3 is 2.47 bits per heavy atom. The van der Waals surface area contributed by atoms with Crippen molar-refractivity contribution in [3.63, 3.8) is 0 Å². The number of rotatable bonds is 3. The second-order valence-corrected chi connectivity index (χ2v) is 3.84. The summed E-state index contributed by atoms with van der Waals surface area (Å²) in [6, 6.07) is 7.48. The summed E-state index contributed by atoms with van der Waals surface area (Å²) in [6.45, 7) is 1.96. The topological polar surface area (TPSA) is 35.5 Å². The molecule has 0 unspecified atom stereocenters. The Balaban J connectivity index is 2.80. The van der Waals surface area contributed by atoms with Crippen molar-refractivity contribution in [2.75, 3.05) is 14.2 Å². The minimum Gasteiger partial charge on any atom is -0.493 e. The van der Waals surface area contributed by atoms with Crippen molar-refractivity contribution < 1.29 is 14.3 Å². The lowest BCUT2D eigenvalue weighted by Crippen LogP contribution is -1.94. The van der Waals surface area contributed by atoms with Crippen molar-refractivity contribution in [1.82, 2.24) is 0 Å². The zero-order valence-electron chi connectivity index (χ0n) is 10.1. The fraction of sp³-hybridized carbons (Fsp3) is 0.214. The number of fused-ring (bicyclic) bond motifs is 1. The van der Waals surface area contributed by atoms with E-state index in [0.717, 1.165) is 22.6 Å². The van der Waals surface area contributed by atoms with Gasteiger partial charge in [0.15, 0.2) is 11.5 Å². The average molecular weight is 230 g/mol. The third kappa shape index (κ3) is 1.84.